The Bertz CT molecular complexity index is 180. The zero-order valence-corrected chi connectivity index (χ0v) is 5.89. The van der Waals surface area contributed by atoms with Gasteiger partial charge in [-0.2, -0.15) is 4.37 Å². The molecule has 1 aromatic heterocycles. The van der Waals surface area contributed by atoms with Gasteiger partial charge >= 0.3 is 0 Å². The lowest BCUT2D eigenvalue weighted by atomic mass is 10.7. The van der Waals surface area contributed by atoms with E-state index in [2.05, 4.69) is 4.37 Å². The molecule has 0 unspecified atom stereocenters. The van der Waals surface area contributed by atoms with E-state index in [1.807, 2.05) is 0 Å². The minimum absolute atomic E-state index is 0.136. The first-order valence-electron chi connectivity index (χ1n) is 1.71. The molecule has 2 nitrogen and oxygen atoms in total. The summed E-state index contributed by atoms with van der Waals surface area (Å²) in [7, 11) is 0. The van der Waals surface area contributed by atoms with E-state index < -0.39 is 0 Å². The van der Waals surface area contributed by atoms with Crippen molar-refractivity contribution in [2.75, 3.05) is 0 Å². The van der Waals surface area contributed by atoms with E-state index in [9.17, 15) is 0 Å². The third-order valence-electron chi connectivity index (χ3n) is 0.581. The number of nitrogens with zero attached hydrogens (tertiary/aromatic N) is 1. The van der Waals surface area contributed by atoms with Gasteiger partial charge in [-0.05, 0) is 11.5 Å². The molecule has 8 heavy (non-hydrogen) atoms. The molecule has 1 aromatic rings. The second-order valence-electron chi connectivity index (χ2n) is 1.09. The Kier molecular flexibility index (Phi) is 1.60. The van der Waals surface area contributed by atoms with Crippen LogP contribution in [0.2, 0.25) is 9.36 Å². The van der Waals surface area contributed by atoms with Crippen molar-refractivity contribution in [3.05, 3.63) is 9.36 Å². The molecule has 0 saturated carbocycles. The Balaban J connectivity index is 3.19. The van der Waals surface area contributed by atoms with Gasteiger partial charge in [-0.1, -0.05) is 23.2 Å². The van der Waals surface area contributed by atoms with Crippen LogP contribution in [0.5, 0.6) is 5.88 Å². The van der Waals surface area contributed by atoms with E-state index in [1.54, 1.807) is 0 Å². The predicted molar refractivity (Wildman–Crippen MR) is 33.8 cm³/mol. The molecule has 0 aliphatic heterocycles. The van der Waals surface area contributed by atoms with Crippen LogP contribution in [0.25, 0.3) is 0 Å². The fourth-order valence-corrected chi connectivity index (χ4v) is 1.06. The van der Waals surface area contributed by atoms with E-state index >= 15 is 0 Å². The molecular weight excluding hydrogens is 169 g/mol. The van der Waals surface area contributed by atoms with Crippen molar-refractivity contribution in [2.24, 2.45) is 0 Å². The van der Waals surface area contributed by atoms with Crippen LogP contribution in [0.15, 0.2) is 0 Å². The summed E-state index contributed by atoms with van der Waals surface area (Å²) < 4.78 is 3.77. The van der Waals surface area contributed by atoms with Crippen molar-refractivity contribution >= 4 is 34.7 Å². The number of hydrogen-bond donors (Lipinski definition) is 1. The van der Waals surface area contributed by atoms with Gasteiger partial charge in [-0.3, -0.25) is 0 Å². The van der Waals surface area contributed by atoms with Gasteiger partial charge in [-0.15, -0.1) is 0 Å². The van der Waals surface area contributed by atoms with Crippen LogP contribution in [0.3, 0.4) is 0 Å². The minimum Gasteiger partial charge on any atom is -0.492 e. The lowest BCUT2D eigenvalue weighted by molar-refractivity contribution is 0.460. The molecule has 0 amide bonds. The number of hydrogen-bond acceptors (Lipinski definition) is 3. The standard InChI is InChI=1S/C3HCl2NOS/c4-1-2(5)8-6-3(1)7/h(H,6,7). The molecule has 5 heteroatoms. The van der Waals surface area contributed by atoms with Crippen molar-refractivity contribution in [2.45, 2.75) is 0 Å². The van der Waals surface area contributed by atoms with E-state index in [0.717, 1.165) is 11.5 Å². The highest BCUT2D eigenvalue weighted by Gasteiger charge is 2.05. The molecule has 0 aliphatic rings. The number of aromatic nitrogens is 1. The normalized spacial score (nSPS) is 9.75. The Hall–Kier alpha value is 0.01000. The van der Waals surface area contributed by atoms with Crippen molar-refractivity contribution in [1.82, 2.24) is 4.37 Å². The molecule has 0 aromatic carbocycles. The molecule has 1 N–H and O–H groups in total. The van der Waals surface area contributed by atoms with Gasteiger partial charge in [0.25, 0.3) is 0 Å². The van der Waals surface area contributed by atoms with Crippen LogP contribution < -0.4 is 0 Å². The molecule has 0 radical (unpaired) electrons. The molecule has 0 saturated heterocycles. The fraction of sp³-hybridized carbons (Fsp3) is 0. The van der Waals surface area contributed by atoms with Crippen LogP contribution >= 0.6 is 34.7 Å². The first-order valence-corrected chi connectivity index (χ1v) is 3.24. The van der Waals surface area contributed by atoms with Gasteiger partial charge in [0.1, 0.15) is 9.36 Å². The molecule has 0 atom stereocenters. The number of aromatic hydroxyl groups is 1. The minimum atomic E-state index is -0.193. The third-order valence-corrected chi connectivity index (χ3v) is 2.17. The Morgan fingerprint density at radius 3 is 2.25 bits per heavy atom. The van der Waals surface area contributed by atoms with Gasteiger partial charge in [0.15, 0.2) is 0 Å². The van der Waals surface area contributed by atoms with Gasteiger partial charge in [-0.25, -0.2) is 0 Å². The Morgan fingerprint density at radius 2 is 2.12 bits per heavy atom. The highest BCUT2D eigenvalue weighted by molar-refractivity contribution is 7.11. The summed E-state index contributed by atoms with van der Waals surface area (Å²) in [6.07, 6.45) is 0. The summed E-state index contributed by atoms with van der Waals surface area (Å²) in [6.45, 7) is 0. The highest BCUT2D eigenvalue weighted by Crippen LogP contribution is 2.33. The monoisotopic (exact) mass is 169 g/mol. The molecule has 1 heterocycles. The first kappa shape index (κ1) is 6.13. The van der Waals surface area contributed by atoms with Crippen LogP contribution in [0.1, 0.15) is 0 Å². The van der Waals surface area contributed by atoms with Crippen LogP contribution in [0.4, 0.5) is 0 Å². The summed E-state index contributed by atoms with van der Waals surface area (Å²) in [5.41, 5.74) is 0. The quantitative estimate of drug-likeness (QED) is 0.646. The average molecular weight is 170 g/mol. The second kappa shape index (κ2) is 2.09. The van der Waals surface area contributed by atoms with Crippen LogP contribution in [-0.2, 0) is 0 Å². The van der Waals surface area contributed by atoms with Crippen molar-refractivity contribution in [3.63, 3.8) is 0 Å². The lowest BCUT2D eigenvalue weighted by Gasteiger charge is -1.77. The molecule has 0 fully saturated rings. The summed E-state index contributed by atoms with van der Waals surface area (Å²) >= 11 is 11.7. The Morgan fingerprint density at radius 1 is 1.50 bits per heavy atom. The van der Waals surface area contributed by atoms with Gasteiger partial charge in [0.05, 0.1) is 0 Å². The molecule has 0 aliphatic carbocycles. The summed E-state index contributed by atoms with van der Waals surface area (Å²) in [6, 6.07) is 0. The zero-order chi connectivity index (χ0) is 6.15. The van der Waals surface area contributed by atoms with Crippen molar-refractivity contribution < 1.29 is 5.11 Å². The summed E-state index contributed by atoms with van der Waals surface area (Å²) in [5.74, 6) is -0.193. The molecular formula is C3HCl2NOS. The first-order chi connectivity index (χ1) is 3.72. The van der Waals surface area contributed by atoms with Gasteiger partial charge in [0.2, 0.25) is 5.88 Å². The maximum Gasteiger partial charge on any atom is 0.243 e. The van der Waals surface area contributed by atoms with E-state index in [0.29, 0.717) is 4.34 Å². The molecule has 0 bridgehead atoms. The van der Waals surface area contributed by atoms with Crippen molar-refractivity contribution in [3.8, 4) is 5.88 Å². The average Bonchev–Trinajstić information content (AvgIpc) is 1.98. The summed E-state index contributed by atoms with van der Waals surface area (Å²) in [5, 5.41) is 8.76. The fourth-order valence-electron chi connectivity index (χ4n) is 0.251. The van der Waals surface area contributed by atoms with E-state index in [1.165, 1.54) is 0 Å². The second-order valence-corrected chi connectivity index (χ2v) is 2.85. The summed E-state index contributed by atoms with van der Waals surface area (Å²) in [4.78, 5) is 0. The van der Waals surface area contributed by atoms with E-state index in [-0.39, 0.29) is 10.9 Å². The predicted octanol–water partition coefficient (Wildman–Crippen LogP) is 2.16. The SMILES string of the molecule is Oc1nsc(Cl)c1Cl. The van der Waals surface area contributed by atoms with Crippen molar-refractivity contribution in [1.29, 1.82) is 0 Å². The molecule has 44 valence electrons. The topological polar surface area (TPSA) is 33.1 Å². The van der Waals surface area contributed by atoms with Crippen LogP contribution in [-0.4, -0.2) is 9.48 Å². The Labute approximate surface area is 59.8 Å². The third kappa shape index (κ3) is 0.891. The largest absolute Gasteiger partial charge is 0.492 e. The van der Waals surface area contributed by atoms with Gasteiger partial charge in [0, 0.05) is 0 Å². The maximum absolute atomic E-state index is 8.62. The van der Waals surface area contributed by atoms with Crippen LogP contribution in [0, 0.1) is 0 Å². The molecule has 0 spiro atoms. The number of rotatable bonds is 0. The zero-order valence-electron chi connectivity index (χ0n) is 3.56. The van der Waals surface area contributed by atoms with Gasteiger partial charge < -0.3 is 5.11 Å². The van der Waals surface area contributed by atoms with E-state index in [4.69, 9.17) is 28.3 Å². The number of halogens is 2. The maximum atomic E-state index is 8.62. The smallest absolute Gasteiger partial charge is 0.243 e. The lowest BCUT2D eigenvalue weighted by Crippen LogP contribution is -1.56. The molecule has 1 rings (SSSR count). The highest BCUT2D eigenvalue weighted by atomic mass is 35.5.